The number of carbonyl (C=O) groups is 1. The number of aliphatic hydroxyl groups excluding tert-OH is 1. The summed E-state index contributed by atoms with van der Waals surface area (Å²) in [5.41, 5.74) is 1.01. The van der Waals surface area contributed by atoms with Gasteiger partial charge in [0.25, 0.3) is 0 Å². The van der Waals surface area contributed by atoms with Gasteiger partial charge >= 0.3 is 5.97 Å². The van der Waals surface area contributed by atoms with E-state index in [9.17, 15) is 15.0 Å². The van der Waals surface area contributed by atoms with Gasteiger partial charge in [0.2, 0.25) is 0 Å². The number of likely N-dealkylation sites (tertiary alicyclic amines) is 1. The molecule has 1 aliphatic rings. The zero-order valence-corrected chi connectivity index (χ0v) is 12.2. The van der Waals surface area contributed by atoms with Crippen LogP contribution in [0, 0.1) is 0 Å². The van der Waals surface area contributed by atoms with Crippen molar-refractivity contribution in [1.82, 2.24) is 4.90 Å². The molecule has 1 fully saturated rings. The lowest BCUT2D eigenvalue weighted by Crippen LogP contribution is -2.34. The van der Waals surface area contributed by atoms with Crippen molar-refractivity contribution < 1.29 is 20.1 Å². The number of carboxylic acid groups (broad SMARTS) is 1. The van der Waals surface area contributed by atoms with Gasteiger partial charge in [0.05, 0.1) is 18.6 Å². The quantitative estimate of drug-likeness (QED) is 0.755. The molecule has 116 valence electrons. The standard InChI is InChI=1S/C16H23NO4/c18-12-16(21)6-1-8-17(9-7-16)11-14-4-2-13(3-5-14)10-15(19)20/h2-5,18,21H,1,6-12H2,(H,19,20)/t16-/m1/s1. The molecule has 0 aliphatic carbocycles. The van der Waals surface area contributed by atoms with Crippen LogP contribution >= 0.6 is 0 Å². The van der Waals surface area contributed by atoms with Crippen molar-refractivity contribution in [3.63, 3.8) is 0 Å². The highest BCUT2D eigenvalue weighted by molar-refractivity contribution is 5.70. The molecule has 0 aromatic heterocycles. The number of aliphatic hydroxyl groups is 2. The van der Waals surface area contributed by atoms with Crippen LogP contribution in [0.4, 0.5) is 0 Å². The first kappa shape index (κ1) is 15.9. The first-order valence-electron chi connectivity index (χ1n) is 7.36. The van der Waals surface area contributed by atoms with Gasteiger partial charge in [-0.05, 0) is 36.9 Å². The minimum absolute atomic E-state index is 0.0491. The molecule has 2 rings (SSSR count). The van der Waals surface area contributed by atoms with Crippen LogP contribution in [0.25, 0.3) is 0 Å². The van der Waals surface area contributed by atoms with E-state index in [4.69, 9.17) is 5.11 Å². The predicted octanol–water partition coefficient (Wildman–Crippen LogP) is 1.02. The molecule has 0 bridgehead atoms. The maximum Gasteiger partial charge on any atom is 0.307 e. The van der Waals surface area contributed by atoms with Crippen molar-refractivity contribution in [2.45, 2.75) is 37.8 Å². The first-order chi connectivity index (χ1) is 10.0. The Morgan fingerprint density at radius 1 is 1.14 bits per heavy atom. The summed E-state index contributed by atoms with van der Waals surface area (Å²) in [5.74, 6) is -0.821. The van der Waals surface area contributed by atoms with Crippen LogP contribution in [-0.4, -0.2) is 51.5 Å². The second kappa shape index (κ2) is 7.02. The van der Waals surface area contributed by atoms with Crippen molar-refractivity contribution >= 4 is 5.97 Å². The maximum absolute atomic E-state index is 10.6. The third-order valence-electron chi connectivity index (χ3n) is 4.09. The fourth-order valence-electron chi connectivity index (χ4n) is 2.75. The Morgan fingerprint density at radius 3 is 2.43 bits per heavy atom. The van der Waals surface area contributed by atoms with Gasteiger partial charge in [-0.2, -0.15) is 0 Å². The van der Waals surface area contributed by atoms with Crippen molar-refractivity contribution in [3.8, 4) is 0 Å². The Labute approximate surface area is 124 Å². The van der Waals surface area contributed by atoms with E-state index in [1.165, 1.54) is 0 Å². The van der Waals surface area contributed by atoms with Gasteiger partial charge in [-0.15, -0.1) is 0 Å². The lowest BCUT2D eigenvalue weighted by molar-refractivity contribution is -0.136. The smallest absolute Gasteiger partial charge is 0.307 e. The van der Waals surface area contributed by atoms with Crippen molar-refractivity contribution in [2.75, 3.05) is 19.7 Å². The SMILES string of the molecule is O=C(O)Cc1ccc(CN2CCC[C@](O)(CO)CC2)cc1. The fraction of sp³-hybridized carbons (Fsp3) is 0.562. The fourth-order valence-corrected chi connectivity index (χ4v) is 2.75. The lowest BCUT2D eigenvalue weighted by atomic mass is 9.96. The van der Waals surface area contributed by atoms with Gasteiger partial charge in [0, 0.05) is 13.1 Å². The topological polar surface area (TPSA) is 81.0 Å². The highest BCUT2D eigenvalue weighted by Crippen LogP contribution is 2.22. The summed E-state index contributed by atoms with van der Waals surface area (Å²) in [7, 11) is 0. The molecule has 1 aromatic rings. The number of hydrogen-bond acceptors (Lipinski definition) is 4. The molecule has 5 heteroatoms. The number of rotatable bonds is 5. The molecule has 0 saturated carbocycles. The van der Waals surface area contributed by atoms with Crippen LogP contribution in [-0.2, 0) is 17.8 Å². The van der Waals surface area contributed by atoms with Crippen LogP contribution in [0.5, 0.6) is 0 Å². The summed E-state index contributed by atoms with van der Waals surface area (Å²) in [4.78, 5) is 12.9. The molecule has 1 aromatic carbocycles. The van der Waals surface area contributed by atoms with Crippen LogP contribution in [0.1, 0.15) is 30.4 Å². The number of aliphatic carboxylic acids is 1. The Balaban J connectivity index is 1.91. The van der Waals surface area contributed by atoms with Gasteiger partial charge in [-0.3, -0.25) is 9.69 Å². The monoisotopic (exact) mass is 293 g/mol. The summed E-state index contributed by atoms with van der Waals surface area (Å²) in [6.45, 7) is 2.27. The molecule has 1 saturated heterocycles. The third kappa shape index (κ3) is 4.81. The molecular formula is C16H23NO4. The summed E-state index contributed by atoms with van der Waals surface area (Å²) in [6, 6.07) is 7.62. The van der Waals surface area contributed by atoms with Crippen molar-refractivity contribution in [1.29, 1.82) is 0 Å². The van der Waals surface area contributed by atoms with Crippen molar-refractivity contribution in [3.05, 3.63) is 35.4 Å². The van der Waals surface area contributed by atoms with Gasteiger partial charge in [-0.25, -0.2) is 0 Å². The van der Waals surface area contributed by atoms with Gasteiger partial charge in [0.15, 0.2) is 0 Å². The highest BCUT2D eigenvalue weighted by Gasteiger charge is 2.29. The summed E-state index contributed by atoms with van der Waals surface area (Å²) in [6.07, 6.45) is 2.14. The van der Waals surface area contributed by atoms with E-state index in [0.29, 0.717) is 12.8 Å². The van der Waals surface area contributed by atoms with Crippen molar-refractivity contribution in [2.24, 2.45) is 0 Å². The Bertz CT molecular complexity index is 474. The normalized spacial score (nSPS) is 23.7. The summed E-state index contributed by atoms with van der Waals surface area (Å²) < 4.78 is 0. The Kier molecular flexibility index (Phi) is 5.33. The summed E-state index contributed by atoms with van der Waals surface area (Å²) >= 11 is 0. The number of benzene rings is 1. The molecule has 1 heterocycles. The zero-order chi connectivity index (χ0) is 15.3. The molecule has 1 atom stereocenters. The molecule has 3 N–H and O–H groups in total. The van der Waals surface area contributed by atoms with Gasteiger partial charge in [0.1, 0.15) is 0 Å². The predicted molar refractivity (Wildman–Crippen MR) is 78.9 cm³/mol. The van der Waals surface area contributed by atoms with E-state index in [1.807, 2.05) is 24.3 Å². The molecular weight excluding hydrogens is 270 g/mol. The van der Waals surface area contributed by atoms with E-state index < -0.39 is 11.6 Å². The van der Waals surface area contributed by atoms with Crippen LogP contribution in [0.2, 0.25) is 0 Å². The molecule has 21 heavy (non-hydrogen) atoms. The molecule has 0 amide bonds. The average molecular weight is 293 g/mol. The van der Waals surface area contributed by atoms with E-state index in [-0.39, 0.29) is 13.0 Å². The number of carboxylic acids is 1. The van der Waals surface area contributed by atoms with E-state index in [2.05, 4.69) is 4.90 Å². The zero-order valence-electron chi connectivity index (χ0n) is 12.2. The van der Waals surface area contributed by atoms with E-state index in [1.54, 1.807) is 0 Å². The van der Waals surface area contributed by atoms with Crippen LogP contribution in [0.3, 0.4) is 0 Å². The van der Waals surface area contributed by atoms with Crippen LogP contribution in [0.15, 0.2) is 24.3 Å². The highest BCUT2D eigenvalue weighted by atomic mass is 16.4. The maximum atomic E-state index is 10.6. The third-order valence-corrected chi connectivity index (χ3v) is 4.09. The minimum Gasteiger partial charge on any atom is -0.481 e. The summed E-state index contributed by atoms with van der Waals surface area (Å²) in [5, 5.41) is 28.1. The molecule has 0 spiro atoms. The average Bonchev–Trinajstić information content (AvgIpc) is 2.64. The first-order valence-corrected chi connectivity index (χ1v) is 7.36. The minimum atomic E-state index is -0.930. The van der Waals surface area contributed by atoms with E-state index >= 15 is 0 Å². The van der Waals surface area contributed by atoms with Gasteiger partial charge < -0.3 is 15.3 Å². The molecule has 1 aliphatic heterocycles. The molecule has 0 unspecified atom stereocenters. The Morgan fingerprint density at radius 2 is 1.81 bits per heavy atom. The second-order valence-electron chi connectivity index (χ2n) is 5.90. The second-order valence-corrected chi connectivity index (χ2v) is 5.90. The van der Waals surface area contributed by atoms with E-state index in [0.717, 1.165) is 37.2 Å². The largest absolute Gasteiger partial charge is 0.481 e. The molecule has 0 radical (unpaired) electrons. The Hall–Kier alpha value is -1.43. The van der Waals surface area contributed by atoms with Crippen LogP contribution < -0.4 is 0 Å². The lowest BCUT2D eigenvalue weighted by Gasteiger charge is -2.24. The van der Waals surface area contributed by atoms with Gasteiger partial charge in [-0.1, -0.05) is 24.3 Å². The molecule has 5 nitrogen and oxygen atoms in total. The number of hydrogen-bond donors (Lipinski definition) is 3. The number of nitrogens with zero attached hydrogens (tertiary/aromatic N) is 1.